The first-order chi connectivity index (χ1) is 7.76. The molecule has 1 fully saturated rings. The second kappa shape index (κ2) is 5.36. The number of hydrogen-bond donors (Lipinski definition) is 0. The Kier molecular flexibility index (Phi) is 4.56. The minimum atomic E-state index is -3.05. The summed E-state index contributed by atoms with van der Waals surface area (Å²) in [4.78, 5) is 2.10. The molecule has 5 heteroatoms. The van der Waals surface area contributed by atoms with Gasteiger partial charge in [-0.1, -0.05) is 0 Å². The highest BCUT2D eigenvalue weighted by Gasteiger charge is 2.29. The average molecular weight is 258 g/mol. The van der Waals surface area contributed by atoms with Gasteiger partial charge in [-0.2, -0.15) is 5.26 Å². The minimum absolute atomic E-state index is 0.0705. The maximum absolute atomic E-state index is 12.0. The molecule has 0 aromatic rings. The fourth-order valence-corrected chi connectivity index (χ4v) is 3.03. The summed E-state index contributed by atoms with van der Waals surface area (Å²) in [6.45, 7) is 7.38. The molecule has 1 rings (SSSR count). The van der Waals surface area contributed by atoms with Gasteiger partial charge in [0.05, 0.1) is 22.5 Å². The Hall–Kier alpha value is -0.600. The van der Waals surface area contributed by atoms with Crippen LogP contribution in [0.25, 0.3) is 0 Å². The highest BCUT2D eigenvalue weighted by Crippen LogP contribution is 2.18. The summed E-state index contributed by atoms with van der Waals surface area (Å²) in [6.07, 6.45) is 1.94. The topological polar surface area (TPSA) is 61.2 Å². The molecule has 1 heterocycles. The van der Waals surface area contributed by atoms with E-state index in [9.17, 15) is 8.42 Å². The Balaban J connectivity index is 2.49. The first kappa shape index (κ1) is 14.5. The van der Waals surface area contributed by atoms with E-state index in [1.807, 2.05) is 0 Å². The SMILES string of the molecule is CC(C)(C)S(=O)(=O)CCN1CCCC(C#N)C1. The largest absolute Gasteiger partial charge is 0.301 e. The smallest absolute Gasteiger partial charge is 0.156 e. The van der Waals surface area contributed by atoms with Gasteiger partial charge in [0, 0.05) is 13.1 Å². The third-order valence-electron chi connectivity index (χ3n) is 3.30. The Morgan fingerprint density at radius 1 is 1.41 bits per heavy atom. The van der Waals surface area contributed by atoms with Crippen molar-refractivity contribution in [2.75, 3.05) is 25.4 Å². The number of piperidine rings is 1. The predicted molar refractivity (Wildman–Crippen MR) is 68.3 cm³/mol. The van der Waals surface area contributed by atoms with Crippen LogP contribution >= 0.6 is 0 Å². The van der Waals surface area contributed by atoms with Crippen LogP contribution in [-0.4, -0.2) is 43.5 Å². The quantitative estimate of drug-likeness (QED) is 0.768. The van der Waals surface area contributed by atoms with Crippen LogP contribution in [0.15, 0.2) is 0 Å². The molecule has 0 radical (unpaired) electrons. The van der Waals surface area contributed by atoms with E-state index in [4.69, 9.17) is 5.26 Å². The molecule has 0 saturated carbocycles. The summed E-state index contributed by atoms with van der Waals surface area (Å²) < 4.78 is 23.2. The Labute approximate surface area is 105 Å². The first-order valence-corrected chi connectivity index (χ1v) is 7.76. The van der Waals surface area contributed by atoms with Crippen LogP contribution in [-0.2, 0) is 9.84 Å². The number of nitrogens with zero attached hydrogens (tertiary/aromatic N) is 2. The number of nitriles is 1. The van der Waals surface area contributed by atoms with E-state index < -0.39 is 14.6 Å². The van der Waals surface area contributed by atoms with Gasteiger partial charge in [0.25, 0.3) is 0 Å². The molecule has 1 aliphatic heterocycles. The van der Waals surface area contributed by atoms with E-state index in [1.165, 1.54) is 0 Å². The number of rotatable bonds is 3. The highest BCUT2D eigenvalue weighted by molar-refractivity contribution is 7.92. The van der Waals surface area contributed by atoms with Gasteiger partial charge in [-0.3, -0.25) is 0 Å². The van der Waals surface area contributed by atoms with Crippen molar-refractivity contribution in [3.63, 3.8) is 0 Å². The molecule has 17 heavy (non-hydrogen) atoms. The van der Waals surface area contributed by atoms with Crippen LogP contribution in [0.1, 0.15) is 33.6 Å². The van der Waals surface area contributed by atoms with Crippen LogP contribution in [0.4, 0.5) is 0 Å². The first-order valence-electron chi connectivity index (χ1n) is 6.10. The molecule has 0 spiro atoms. The fraction of sp³-hybridized carbons (Fsp3) is 0.917. The second-order valence-corrected chi connectivity index (χ2v) is 8.56. The summed E-state index contributed by atoms with van der Waals surface area (Å²) in [5, 5.41) is 8.87. The zero-order valence-electron chi connectivity index (χ0n) is 10.9. The third kappa shape index (κ3) is 3.97. The van der Waals surface area contributed by atoms with Gasteiger partial charge in [-0.15, -0.1) is 0 Å². The fourth-order valence-electron chi connectivity index (χ4n) is 1.92. The van der Waals surface area contributed by atoms with Crippen LogP contribution in [0.2, 0.25) is 0 Å². The monoisotopic (exact) mass is 258 g/mol. The van der Waals surface area contributed by atoms with Crippen LogP contribution in [0.5, 0.6) is 0 Å². The number of likely N-dealkylation sites (tertiary alicyclic amines) is 1. The Morgan fingerprint density at radius 3 is 2.59 bits per heavy atom. The van der Waals surface area contributed by atoms with E-state index in [-0.39, 0.29) is 11.7 Å². The average Bonchev–Trinajstić information content (AvgIpc) is 2.25. The molecule has 98 valence electrons. The van der Waals surface area contributed by atoms with E-state index in [2.05, 4.69) is 11.0 Å². The van der Waals surface area contributed by atoms with E-state index in [0.29, 0.717) is 6.54 Å². The molecule has 4 nitrogen and oxygen atoms in total. The van der Waals surface area contributed by atoms with Crippen LogP contribution in [0.3, 0.4) is 0 Å². The summed E-state index contributed by atoms with van der Waals surface area (Å²) in [5.74, 6) is 0.260. The molecule has 0 amide bonds. The highest BCUT2D eigenvalue weighted by atomic mass is 32.2. The minimum Gasteiger partial charge on any atom is -0.301 e. The molecule has 1 atom stereocenters. The predicted octanol–water partition coefficient (Wildman–Crippen LogP) is 1.44. The van der Waals surface area contributed by atoms with Gasteiger partial charge in [0.1, 0.15) is 0 Å². The van der Waals surface area contributed by atoms with Crippen molar-refractivity contribution >= 4 is 9.84 Å². The van der Waals surface area contributed by atoms with Gasteiger partial charge in [0.15, 0.2) is 9.84 Å². The molecule has 0 N–H and O–H groups in total. The molecule has 1 unspecified atom stereocenters. The molecule has 0 aliphatic carbocycles. The van der Waals surface area contributed by atoms with Crippen LogP contribution < -0.4 is 0 Å². The van der Waals surface area contributed by atoms with Gasteiger partial charge in [-0.25, -0.2) is 8.42 Å². The van der Waals surface area contributed by atoms with Crippen molar-refractivity contribution in [2.45, 2.75) is 38.4 Å². The lowest BCUT2D eigenvalue weighted by Gasteiger charge is -2.30. The summed E-state index contributed by atoms with van der Waals surface area (Å²) in [5.41, 5.74) is 0. The van der Waals surface area contributed by atoms with Crippen molar-refractivity contribution < 1.29 is 8.42 Å². The molecule has 1 aliphatic rings. The zero-order chi connectivity index (χ0) is 13.1. The summed E-state index contributed by atoms with van der Waals surface area (Å²) >= 11 is 0. The van der Waals surface area contributed by atoms with Crippen LogP contribution in [0, 0.1) is 17.2 Å². The van der Waals surface area contributed by atoms with Crippen molar-refractivity contribution in [3.8, 4) is 6.07 Å². The molecule has 0 aromatic carbocycles. The lowest BCUT2D eigenvalue weighted by atomic mass is 10.00. The molecular formula is C12H22N2O2S. The van der Waals surface area contributed by atoms with E-state index >= 15 is 0 Å². The van der Waals surface area contributed by atoms with Crippen molar-refractivity contribution in [3.05, 3.63) is 0 Å². The maximum atomic E-state index is 12.0. The van der Waals surface area contributed by atoms with Crippen molar-refractivity contribution in [1.82, 2.24) is 4.90 Å². The van der Waals surface area contributed by atoms with Gasteiger partial charge in [-0.05, 0) is 40.2 Å². The van der Waals surface area contributed by atoms with Crippen molar-refractivity contribution in [2.24, 2.45) is 5.92 Å². The molecular weight excluding hydrogens is 236 g/mol. The Morgan fingerprint density at radius 2 is 2.06 bits per heavy atom. The second-order valence-electron chi connectivity index (χ2n) is 5.70. The zero-order valence-corrected chi connectivity index (χ0v) is 11.8. The summed E-state index contributed by atoms with van der Waals surface area (Å²) in [6, 6.07) is 2.27. The normalized spacial score (nSPS) is 23.3. The number of hydrogen-bond acceptors (Lipinski definition) is 4. The Bertz CT molecular complexity index is 390. The summed E-state index contributed by atoms with van der Waals surface area (Å²) in [7, 11) is -3.05. The van der Waals surface area contributed by atoms with Gasteiger partial charge >= 0.3 is 0 Å². The molecule has 0 aromatic heterocycles. The third-order valence-corrected chi connectivity index (χ3v) is 5.88. The number of sulfone groups is 1. The lowest BCUT2D eigenvalue weighted by Crippen LogP contribution is -2.40. The van der Waals surface area contributed by atoms with E-state index in [1.54, 1.807) is 20.8 Å². The van der Waals surface area contributed by atoms with Crippen molar-refractivity contribution in [1.29, 1.82) is 5.26 Å². The molecule has 1 saturated heterocycles. The van der Waals surface area contributed by atoms with Gasteiger partial charge in [0.2, 0.25) is 0 Å². The lowest BCUT2D eigenvalue weighted by molar-refractivity contribution is 0.210. The molecule has 0 bridgehead atoms. The standard InChI is InChI=1S/C12H22N2O2S/c1-12(2,3)17(15,16)8-7-14-6-4-5-11(9-13)10-14/h11H,4-8,10H2,1-3H3. The van der Waals surface area contributed by atoms with E-state index in [0.717, 1.165) is 25.9 Å². The maximum Gasteiger partial charge on any atom is 0.156 e. The van der Waals surface area contributed by atoms with Gasteiger partial charge < -0.3 is 4.90 Å².